The Labute approximate surface area is 171 Å². The van der Waals surface area contributed by atoms with Crippen LogP contribution in [-0.2, 0) is 0 Å². The van der Waals surface area contributed by atoms with Gasteiger partial charge >= 0.3 is 6.03 Å². The van der Waals surface area contributed by atoms with Crippen molar-refractivity contribution in [2.75, 3.05) is 13.1 Å². The third-order valence-electron chi connectivity index (χ3n) is 5.14. The first-order valence-corrected chi connectivity index (χ1v) is 9.94. The fraction of sp³-hybridized carbons (Fsp3) is 0.250. The summed E-state index contributed by atoms with van der Waals surface area (Å²) in [5.41, 5.74) is 3.21. The Balaban J connectivity index is 1.42. The maximum Gasteiger partial charge on any atom is 0.318 e. The van der Waals surface area contributed by atoms with Gasteiger partial charge in [-0.1, -0.05) is 66.7 Å². The summed E-state index contributed by atoms with van der Waals surface area (Å²) >= 11 is 0. The summed E-state index contributed by atoms with van der Waals surface area (Å²) < 4.78 is 5.95. The molecular weight excluding hydrogens is 362 g/mol. The minimum atomic E-state index is -0.191. The van der Waals surface area contributed by atoms with Crippen LogP contribution in [0.2, 0.25) is 0 Å². The molecule has 1 aliphatic heterocycles. The number of carbonyl (C=O) groups excluding carboxylic acids is 1. The molecule has 0 saturated carbocycles. The maximum absolute atomic E-state index is 13.0. The first-order chi connectivity index (χ1) is 14.2. The molecule has 1 unspecified atom stereocenters. The van der Waals surface area contributed by atoms with Crippen molar-refractivity contribution in [3.8, 4) is 5.88 Å². The molecular formula is C24H25N3O2. The van der Waals surface area contributed by atoms with Crippen molar-refractivity contribution in [2.45, 2.75) is 25.5 Å². The Morgan fingerprint density at radius 2 is 1.69 bits per heavy atom. The SMILES string of the molecule is Cc1ccc(OC2CCN(C(=O)NC(c3ccccc3)c3ccccc3)C2)nc1. The van der Waals surface area contributed by atoms with Gasteiger partial charge in [0.2, 0.25) is 5.88 Å². The highest BCUT2D eigenvalue weighted by molar-refractivity contribution is 5.75. The van der Waals surface area contributed by atoms with Gasteiger partial charge in [0, 0.05) is 25.2 Å². The van der Waals surface area contributed by atoms with Gasteiger partial charge in [0.1, 0.15) is 6.10 Å². The molecule has 1 fully saturated rings. The summed E-state index contributed by atoms with van der Waals surface area (Å²) in [7, 11) is 0. The van der Waals surface area contributed by atoms with E-state index in [4.69, 9.17) is 4.74 Å². The van der Waals surface area contributed by atoms with Crippen LogP contribution in [0.3, 0.4) is 0 Å². The van der Waals surface area contributed by atoms with Crippen molar-refractivity contribution in [3.63, 3.8) is 0 Å². The van der Waals surface area contributed by atoms with Crippen LogP contribution in [0.15, 0.2) is 79.0 Å². The number of hydrogen-bond donors (Lipinski definition) is 1. The van der Waals surface area contributed by atoms with Gasteiger partial charge in [0.25, 0.3) is 0 Å². The highest BCUT2D eigenvalue weighted by Crippen LogP contribution is 2.23. The van der Waals surface area contributed by atoms with E-state index in [0.29, 0.717) is 19.0 Å². The van der Waals surface area contributed by atoms with Gasteiger partial charge < -0.3 is 15.0 Å². The Kier molecular flexibility index (Phi) is 5.75. The van der Waals surface area contributed by atoms with Crippen molar-refractivity contribution in [1.82, 2.24) is 15.2 Å². The predicted octanol–water partition coefficient (Wildman–Crippen LogP) is 4.34. The monoisotopic (exact) mass is 387 g/mol. The Bertz CT molecular complexity index is 890. The average molecular weight is 387 g/mol. The molecule has 0 radical (unpaired) electrons. The van der Waals surface area contributed by atoms with Crippen molar-refractivity contribution in [2.24, 2.45) is 0 Å². The normalized spacial score (nSPS) is 16.1. The van der Waals surface area contributed by atoms with Crippen LogP contribution in [0.25, 0.3) is 0 Å². The Morgan fingerprint density at radius 3 is 2.28 bits per heavy atom. The van der Waals surface area contributed by atoms with E-state index < -0.39 is 0 Å². The molecule has 5 nitrogen and oxygen atoms in total. The van der Waals surface area contributed by atoms with Crippen molar-refractivity contribution in [3.05, 3.63) is 95.7 Å². The van der Waals surface area contributed by atoms with E-state index in [1.807, 2.05) is 84.6 Å². The number of likely N-dealkylation sites (tertiary alicyclic amines) is 1. The fourth-order valence-corrected chi connectivity index (χ4v) is 3.57. The molecule has 4 rings (SSSR count). The summed E-state index contributed by atoms with van der Waals surface area (Å²) in [4.78, 5) is 19.1. The number of benzene rings is 2. The number of urea groups is 1. The zero-order chi connectivity index (χ0) is 20.1. The standard InChI is InChI=1S/C24H25N3O2/c1-18-12-13-22(25-16-18)29-21-14-15-27(17-21)24(28)26-23(19-8-4-2-5-9-19)20-10-6-3-7-11-20/h2-13,16,21,23H,14-15,17H2,1H3,(H,26,28). The molecule has 0 bridgehead atoms. The van der Waals surface area contributed by atoms with Gasteiger partial charge in [-0.15, -0.1) is 0 Å². The Hall–Kier alpha value is -3.34. The van der Waals surface area contributed by atoms with Crippen LogP contribution in [0.1, 0.15) is 29.2 Å². The van der Waals surface area contributed by atoms with E-state index in [9.17, 15) is 4.79 Å². The summed E-state index contributed by atoms with van der Waals surface area (Å²) in [6.45, 7) is 3.21. The van der Waals surface area contributed by atoms with E-state index in [2.05, 4.69) is 10.3 Å². The zero-order valence-corrected chi connectivity index (χ0v) is 16.5. The number of pyridine rings is 1. The molecule has 3 aromatic rings. The van der Waals surface area contributed by atoms with Gasteiger partial charge in [0.15, 0.2) is 0 Å². The molecule has 0 spiro atoms. The van der Waals surface area contributed by atoms with Crippen molar-refractivity contribution >= 4 is 6.03 Å². The highest BCUT2D eigenvalue weighted by Gasteiger charge is 2.29. The molecule has 1 N–H and O–H groups in total. The number of rotatable bonds is 5. The second-order valence-corrected chi connectivity index (χ2v) is 7.35. The minimum absolute atomic E-state index is 0.0390. The fourth-order valence-electron chi connectivity index (χ4n) is 3.57. The second kappa shape index (κ2) is 8.78. The molecule has 148 valence electrons. The van der Waals surface area contributed by atoms with E-state index in [0.717, 1.165) is 23.1 Å². The summed E-state index contributed by atoms with van der Waals surface area (Å²) in [5, 5.41) is 3.20. The minimum Gasteiger partial charge on any atom is -0.472 e. The smallest absolute Gasteiger partial charge is 0.318 e. The number of aromatic nitrogens is 1. The number of ether oxygens (including phenoxy) is 1. The van der Waals surface area contributed by atoms with Crippen LogP contribution in [0.4, 0.5) is 4.79 Å². The lowest BCUT2D eigenvalue weighted by Crippen LogP contribution is -2.41. The van der Waals surface area contributed by atoms with Gasteiger partial charge in [-0.2, -0.15) is 0 Å². The lowest BCUT2D eigenvalue weighted by Gasteiger charge is -2.24. The molecule has 1 atom stereocenters. The van der Waals surface area contributed by atoms with E-state index in [-0.39, 0.29) is 18.2 Å². The number of nitrogens with zero attached hydrogens (tertiary/aromatic N) is 2. The lowest BCUT2D eigenvalue weighted by atomic mass is 9.99. The molecule has 29 heavy (non-hydrogen) atoms. The van der Waals surface area contributed by atoms with Gasteiger partial charge in [-0.3, -0.25) is 0 Å². The van der Waals surface area contributed by atoms with Crippen molar-refractivity contribution < 1.29 is 9.53 Å². The molecule has 1 aliphatic rings. The number of carbonyl (C=O) groups is 1. The first-order valence-electron chi connectivity index (χ1n) is 9.94. The first kappa shape index (κ1) is 19.0. The second-order valence-electron chi connectivity index (χ2n) is 7.35. The third-order valence-corrected chi connectivity index (χ3v) is 5.14. The lowest BCUT2D eigenvalue weighted by molar-refractivity contribution is 0.182. The summed E-state index contributed by atoms with van der Waals surface area (Å²) in [6.07, 6.45) is 2.55. The Morgan fingerprint density at radius 1 is 1.03 bits per heavy atom. The van der Waals surface area contributed by atoms with E-state index in [1.165, 1.54) is 0 Å². The van der Waals surface area contributed by atoms with Gasteiger partial charge in [-0.25, -0.2) is 9.78 Å². The maximum atomic E-state index is 13.0. The number of aryl methyl sites for hydroxylation is 1. The van der Waals surface area contributed by atoms with Crippen LogP contribution in [-0.4, -0.2) is 35.1 Å². The van der Waals surface area contributed by atoms with Crippen LogP contribution >= 0.6 is 0 Å². The number of amides is 2. The van der Waals surface area contributed by atoms with Crippen molar-refractivity contribution in [1.29, 1.82) is 0 Å². The summed E-state index contributed by atoms with van der Waals surface area (Å²) in [6, 6.07) is 23.7. The molecule has 0 aliphatic carbocycles. The molecule has 2 aromatic carbocycles. The molecule has 2 heterocycles. The zero-order valence-electron chi connectivity index (χ0n) is 16.5. The average Bonchev–Trinajstić information content (AvgIpc) is 3.23. The highest BCUT2D eigenvalue weighted by atomic mass is 16.5. The summed E-state index contributed by atoms with van der Waals surface area (Å²) in [5.74, 6) is 0.606. The topological polar surface area (TPSA) is 54.5 Å². The third kappa shape index (κ3) is 4.74. The molecule has 5 heteroatoms. The molecule has 1 aromatic heterocycles. The van der Waals surface area contributed by atoms with Crippen LogP contribution < -0.4 is 10.1 Å². The predicted molar refractivity (Wildman–Crippen MR) is 113 cm³/mol. The molecule has 2 amide bonds. The van der Waals surface area contributed by atoms with E-state index in [1.54, 1.807) is 6.20 Å². The molecule has 1 saturated heterocycles. The van der Waals surface area contributed by atoms with Crippen LogP contribution in [0.5, 0.6) is 5.88 Å². The number of nitrogens with one attached hydrogen (secondary N) is 1. The quantitative estimate of drug-likeness (QED) is 0.708. The van der Waals surface area contributed by atoms with E-state index >= 15 is 0 Å². The number of hydrogen-bond acceptors (Lipinski definition) is 3. The van der Waals surface area contributed by atoms with Crippen LogP contribution in [0, 0.1) is 6.92 Å². The largest absolute Gasteiger partial charge is 0.472 e. The van der Waals surface area contributed by atoms with Gasteiger partial charge in [-0.05, 0) is 23.6 Å². The van der Waals surface area contributed by atoms with Gasteiger partial charge in [0.05, 0.1) is 12.6 Å².